The van der Waals surface area contributed by atoms with Crippen molar-refractivity contribution in [3.05, 3.63) is 36.8 Å². The number of imidazole rings is 1. The van der Waals surface area contributed by atoms with Gasteiger partial charge < -0.3 is 9.88 Å². The molecule has 0 spiro atoms. The summed E-state index contributed by atoms with van der Waals surface area (Å²) in [6.07, 6.45) is 6.49. The number of sulfonamides is 1. The summed E-state index contributed by atoms with van der Waals surface area (Å²) in [4.78, 5) is 17.3. The molecule has 1 aliphatic rings. The minimum absolute atomic E-state index is 0.00303. The highest BCUT2D eigenvalue weighted by Gasteiger charge is 2.29. The number of carbonyl (C=O) groups excluding carboxylic acids is 1. The summed E-state index contributed by atoms with van der Waals surface area (Å²) < 4.78 is 28.4. The molecule has 146 valence electrons. The first-order chi connectivity index (χ1) is 12.9. The van der Waals surface area contributed by atoms with E-state index in [2.05, 4.69) is 17.2 Å². The van der Waals surface area contributed by atoms with Crippen molar-refractivity contribution < 1.29 is 13.2 Å². The quantitative estimate of drug-likeness (QED) is 0.743. The van der Waals surface area contributed by atoms with Crippen LogP contribution in [0.1, 0.15) is 19.8 Å². The summed E-state index contributed by atoms with van der Waals surface area (Å²) in [5.41, 5.74) is 0.710. The molecule has 0 aliphatic carbocycles. The lowest BCUT2D eigenvalue weighted by Crippen LogP contribution is -2.38. The number of benzene rings is 1. The molecule has 3 rings (SSSR count). The Labute approximate surface area is 164 Å². The van der Waals surface area contributed by atoms with E-state index in [4.69, 9.17) is 0 Å². The fourth-order valence-corrected chi connectivity index (χ4v) is 4.85. The molecule has 1 aromatic heterocycles. The summed E-state index contributed by atoms with van der Waals surface area (Å²) in [5, 5.41) is 2.82. The predicted octanol–water partition coefficient (Wildman–Crippen LogP) is 2.66. The maximum Gasteiger partial charge on any atom is 0.262 e. The van der Waals surface area contributed by atoms with Gasteiger partial charge in [0.2, 0.25) is 5.91 Å². The SMILES string of the molecule is CSc1cccc(NC(=O)Cn2cnc(S(=O)(=O)N3CCC(C)CC3)c2)c1. The third-order valence-electron chi connectivity index (χ3n) is 4.64. The highest BCUT2D eigenvalue weighted by atomic mass is 32.2. The van der Waals surface area contributed by atoms with Gasteiger partial charge in [0.15, 0.2) is 5.03 Å². The number of aromatic nitrogens is 2. The molecule has 27 heavy (non-hydrogen) atoms. The second kappa shape index (κ2) is 8.45. The Hall–Kier alpha value is -1.84. The van der Waals surface area contributed by atoms with Crippen LogP contribution in [0.3, 0.4) is 0 Å². The van der Waals surface area contributed by atoms with Crippen molar-refractivity contribution in [1.82, 2.24) is 13.9 Å². The van der Waals surface area contributed by atoms with E-state index in [1.54, 1.807) is 11.8 Å². The van der Waals surface area contributed by atoms with Gasteiger partial charge in [0, 0.05) is 29.9 Å². The minimum Gasteiger partial charge on any atom is -0.327 e. The number of nitrogens with one attached hydrogen (secondary N) is 1. The Bertz CT molecular complexity index is 903. The van der Waals surface area contributed by atoms with Gasteiger partial charge in [-0.3, -0.25) is 4.79 Å². The van der Waals surface area contributed by atoms with E-state index in [1.165, 1.54) is 21.4 Å². The molecule has 1 amide bonds. The highest BCUT2D eigenvalue weighted by molar-refractivity contribution is 7.98. The van der Waals surface area contributed by atoms with E-state index in [0.29, 0.717) is 24.7 Å². The van der Waals surface area contributed by atoms with Gasteiger partial charge in [-0.25, -0.2) is 13.4 Å². The average molecular weight is 409 g/mol. The number of hydrogen-bond acceptors (Lipinski definition) is 5. The zero-order valence-corrected chi connectivity index (χ0v) is 17.1. The van der Waals surface area contributed by atoms with Crippen molar-refractivity contribution in [2.45, 2.75) is 36.2 Å². The molecule has 0 saturated carbocycles. The lowest BCUT2D eigenvalue weighted by Gasteiger charge is -2.28. The van der Waals surface area contributed by atoms with Crippen molar-refractivity contribution in [1.29, 1.82) is 0 Å². The zero-order chi connectivity index (χ0) is 19.4. The zero-order valence-electron chi connectivity index (χ0n) is 15.5. The number of amides is 1. The Morgan fingerprint density at radius 3 is 2.78 bits per heavy atom. The summed E-state index contributed by atoms with van der Waals surface area (Å²) >= 11 is 1.60. The van der Waals surface area contributed by atoms with Crippen molar-refractivity contribution in [2.24, 2.45) is 5.92 Å². The Kier molecular flexibility index (Phi) is 6.23. The van der Waals surface area contributed by atoms with Gasteiger partial charge in [-0.05, 0) is 43.2 Å². The molecule has 1 saturated heterocycles. The molecule has 1 N–H and O–H groups in total. The van der Waals surface area contributed by atoms with Crippen LogP contribution in [0.4, 0.5) is 5.69 Å². The number of carbonyl (C=O) groups is 1. The van der Waals surface area contributed by atoms with E-state index in [0.717, 1.165) is 17.7 Å². The average Bonchev–Trinajstić information content (AvgIpc) is 3.11. The molecule has 1 fully saturated rings. The number of thioether (sulfide) groups is 1. The molecule has 2 aromatic rings. The monoisotopic (exact) mass is 408 g/mol. The Morgan fingerprint density at radius 1 is 1.33 bits per heavy atom. The van der Waals surface area contributed by atoms with Gasteiger partial charge in [0.05, 0.1) is 6.33 Å². The van der Waals surface area contributed by atoms with E-state index in [9.17, 15) is 13.2 Å². The third-order valence-corrected chi connectivity index (χ3v) is 7.15. The standard InChI is InChI=1S/C18H24N4O3S2/c1-14-6-8-22(9-7-14)27(24,25)18-12-21(13-19-18)11-17(23)20-15-4-3-5-16(10-15)26-2/h3-5,10,12-14H,6-9,11H2,1-2H3,(H,20,23). The molecule has 0 bridgehead atoms. The summed E-state index contributed by atoms with van der Waals surface area (Å²) in [5.74, 6) is 0.309. The highest BCUT2D eigenvalue weighted by Crippen LogP contribution is 2.22. The predicted molar refractivity (Wildman–Crippen MR) is 106 cm³/mol. The molecule has 0 atom stereocenters. The molecule has 1 aliphatic heterocycles. The third kappa shape index (κ3) is 4.91. The van der Waals surface area contributed by atoms with E-state index >= 15 is 0 Å². The van der Waals surface area contributed by atoms with E-state index in [1.807, 2.05) is 30.5 Å². The fourth-order valence-electron chi connectivity index (χ4n) is 2.98. The van der Waals surface area contributed by atoms with Crippen molar-refractivity contribution >= 4 is 33.4 Å². The van der Waals surface area contributed by atoms with Crippen molar-refractivity contribution in [3.8, 4) is 0 Å². The number of hydrogen-bond donors (Lipinski definition) is 1. The molecule has 0 radical (unpaired) electrons. The van der Waals surface area contributed by atoms with Crippen LogP contribution in [0.15, 0.2) is 46.7 Å². The Morgan fingerprint density at radius 2 is 2.07 bits per heavy atom. The molecule has 1 aromatic carbocycles. The molecule has 9 heteroatoms. The lowest BCUT2D eigenvalue weighted by molar-refractivity contribution is -0.116. The van der Waals surface area contributed by atoms with Crippen LogP contribution in [0, 0.1) is 5.92 Å². The first-order valence-corrected chi connectivity index (χ1v) is 11.5. The van der Waals surface area contributed by atoms with Gasteiger partial charge in [0.25, 0.3) is 10.0 Å². The lowest BCUT2D eigenvalue weighted by atomic mass is 10.0. The van der Waals surface area contributed by atoms with Crippen LogP contribution in [0.25, 0.3) is 0 Å². The summed E-state index contributed by atoms with van der Waals surface area (Å²) in [7, 11) is -3.60. The van der Waals surface area contributed by atoms with E-state index < -0.39 is 10.0 Å². The number of rotatable bonds is 6. The summed E-state index contributed by atoms with van der Waals surface area (Å²) in [6, 6.07) is 7.56. The number of anilines is 1. The van der Waals surface area contributed by atoms with Crippen LogP contribution < -0.4 is 5.32 Å². The number of nitrogens with zero attached hydrogens (tertiary/aromatic N) is 3. The summed E-state index contributed by atoms with van der Waals surface area (Å²) in [6.45, 7) is 3.17. The van der Waals surface area contributed by atoms with Crippen LogP contribution in [0.5, 0.6) is 0 Å². The largest absolute Gasteiger partial charge is 0.327 e. The van der Waals surface area contributed by atoms with Gasteiger partial charge in [0.1, 0.15) is 6.54 Å². The topological polar surface area (TPSA) is 84.3 Å². The van der Waals surface area contributed by atoms with Crippen LogP contribution in [0.2, 0.25) is 0 Å². The smallest absolute Gasteiger partial charge is 0.262 e. The fraction of sp³-hybridized carbons (Fsp3) is 0.444. The molecular weight excluding hydrogens is 384 g/mol. The maximum atomic E-state index is 12.7. The van der Waals surface area contributed by atoms with Gasteiger partial charge >= 0.3 is 0 Å². The first-order valence-electron chi connectivity index (χ1n) is 8.84. The molecule has 0 unspecified atom stereocenters. The molecule has 7 nitrogen and oxygen atoms in total. The second-order valence-corrected chi connectivity index (χ2v) is 9.52. The van der Waals surface area contributed by atoms with Gasteiger partial charge in [-0.15, -0.1) is 11.8 Å². The first kappa shape index (κ1) is 19.9. The van der Waals surface area contributed by atoms with Crippen LogP contribution in [-0.2, 0) is 21.4 Å². The molecular formula is C18H24N4O3S2. The van der Waals surface area contributed by atoms with Crippen molar-refractivity contribution in [3.63, 3.8) is 0 Å². The normalized spacial score (nSPS) is 16.4. The minimum atomic E-state index is -3.60. The maximum absolute atomic E-state index is 12.7. The van der Waals surface area contributed by atoms with Gasteiger partial charge in [-0.1, -0.05) is 13.0 Å². The van der Waals surface area contributed by atoms with Crippen LogP contribution in [-0.4, -0.2) is 47.5 Å². The van der Waals surface area contributed by atoms with Gasteiger partial charge in [-0.2, -0.15) is 4.31 Å². The second-order valence-electron chi connectivity index (χ2n) is 6.75. The molecule has 2 heterocycles. The number of piperidine rings is 1. The van der Waals surface area contributed by atoms with Crippen molar-refractivity contribution in [2.75, 3.05) is 24.7 Å². The van der Waals surface area contributed by atoms with Crippen LogP contribution >= 0.6 is 11.8 Å². The van der Waals surface area contributed by atoms with E-state index in [-0.39, 0.29) is 17.5 Å². The Balaban J connectivity index is 1.64.